The van der Waals surface area contributed by atoms with Crippen LogP contribution in [0.3, 0.4) is 0 Å². The Morgan fingerprint density at radius 3 is 2.17 bits per heavy atom. The van der Waals surface area contributed by atoms with E-state index >= 15 is 0 Å². The van der Waals surface area contributed by atoms with E-state index < -0.39 is 20.8 Å². The van der Waals surface area contributed by atoms with E-state index in [4.69, 9.17) is 17.0 Å². The van der Waals surface area contributed by atoms with Gasteiger partial charge in [-0.15, -0.1) is 34.5 Å². The molecule has 0 N–H and O–H groups in total. The average molecular weight is 510 g/mol. The molecule has 0 aliphatic rings. The molecule has 5 aromatic rings. The molecular weight excluding hydrogens is 486 g/mol. The van der Waals surface area contributed by atoms with Crippen LogP contribution in [-0.2, 0) is 20.8 Å². The van der Waals surface area contributed by atoms with Crippen molar-refractivity contribution in [3.63, 3.8) is 0 Å². The van der Waals surface area contributed by atoms with Crippen LogP contribution in [-0.4, -0.2) is 0 Å². The molecule has 0 spiro atoms. The summed E-state index contributed by atoms with van der Waals surface area (Å²) in [5, 5.41) is 8.00. The quantitative estimate of drug-likeness (QED) is 0.168. The second-order valence-corrected chi connectivity index (χ2v) is 11.4. The number of halogens is 2. The van der Waals surface area contributed by atoms with E-state index in [9.17, 15) is 0 Å². The Morgan fingerprint density at radius 2 is 1.43 bits per heavy atom. The van der Waals surface area contributed by atoms with Crippen molar-refractivity contribution in [1.82, 2.24) is 0 Å². The minimum absolute atomic E-state index is 0.596. The topological polar surface area (TPSA) is 0 Å². The molecule has 0 aliphatic heterocycles. The van der Waals surface area contributed by atoms with Gasteiger partial charge in [-0.2, -0.15) is 6.07 Å². The van der Waals surface area contributed by atoms with E-state index in [-0.39, 0.29) is 0 Å². The van der Waals surface area contributed by atoms with Gasteiger partial charge in [0.15, 0.2) is 0 Å². The molecule has 0 nitrogen and oxygen atoms in total. The van der Waals surface area contributed by atoms with Crippen molar-refractivity contribution in [2.24, 2.45) is 0 Å². The molecule has 150 valence electrons. The maximum absolute atomic E-state index is 4.93. The molecule has 5 rings (SSSR count). The maximum atomic E-state index is 4.93. The Morgan fingerprint density at radius 1 is 0.767 bits per heavy atom. The fraction of sp³-hybridized carbons (Fsp3) is 0.148. The van der Waals surface area contributed by atoms with Crippen LogP contribution in [0.25, 0.3) is 43.4 Å². The fourth-order valence-corrected chi connectivity index (χ4v) is 4.29. The SMILES string of the molecule is CCC(C)c1cc2c(-c3cc4ccccc4c4ccccc34)cccc2[cH-]1.[Cl][Zr][Cl]. The van der Waals surface area contributed by atoms with E-state index in [0.29, 0.717) is 5.92 Å². The van der Waals surface area contributed by atoms with Crippen molar-refractivity contribution < 1.29 is 20.8 Å². The average Bonchev–Trinajstić information content (AvgIpc) is 3.23. The van der Waals surface area contributed by atoms with Gasteiger partial charge in [0.25, 0.3) is 0 Å². The molecule has 0 fully saturated rings. The predicted octanol–water partition coefficient (Wildman–Crippen LogP) is 9.42. The molecule has 0 heterocycles. The Labute approximate surface area is 196 Å². The first-order valence-corrected chi connectivity index (χ1v) is 16.6. The Bertz CT molecular complexity index is 1300. The number of fused-ring (bicyclic) bond motifs is 4. The zero-order valence-corrected chi connectivity index (χ0v) is 21.1. The predicted molar refractivity (Wildman–Crippen MR) is 130 cm³/mol. The summed E-state index contributed by atoms with van der Waals surface area (Å²) in [5.41, 5.74) is 4.12. The molecule has 0 bridgehead atoms. The van der Waals surface area contributed by atoms with Crippen LogP contribution in [0.4, 0.5) is 0 Å². The van der Waals surface area contributed by atoms with Crippen LogP contribution < -0.4 is 0 Å². The Kier molecular flexibility index (Phi) is 7.04. The van der Waals surface area contributed by atoms with Gasteiger partial charge in [0.05, 0.1) is 0 Å². The van der Waals surface area contributed by atoms with Crippen LogP contribution in [0.5, 0.6) is 0 Å². The second-order valence-electron chi connectivity index (χ2n) is 7.67. The number of hydrogen-bond acceptors (Lipinski definition) is 0. The summed E-state index contributed by atoms with van der Waals surface area (Å²) in [6.07, 6.45) is 1.17. The molecule has 30 heavy (non-hydrogen) atoms. The monoisotopic (exact) mass is 507 g/mol. The normalized spacial score (nSPS) is 12.0. The van der Waals surface area contributed by atoms with Gasteiger partial charge in [0, 0.05) is 0 Å². The molecule has 5 aromatic carbocycles. The summed E-state index contributed by atoms with van der Waals surface area (Å²) in [6.45, 7) is 4.58. The summed E-state index contributed by atoms with van der Waals surface area (Å²) in [7, 11) is 9.87. The molecule has 1 atom stereocenters. The minimum atomic E-state index is -0.826. The third-order valence-electron chi connectivity index (χ3n) is 6.01. The van der Waals surface area contributed by atoms with Crippen molar-refractivity contribution in [3.05, 3.63) is 90.5 Å². The first-order chi connectivity index (χ1) is 14.7. The van der Waals surface area contributed by atoms with Crippen molar-refractivity contribution in [2.45, 2.75) is 26.2 Å². The van der Waals surface area contributed by atoms with Gasteiger partial charge in [0.2, 0.25) is 0 Å². The number of rotatable bonds is 3. The van der Waals surface area contributed by atoms with Crippen LogP contribution in [0.2, 0.25) is 0 Å². The second kappa shape index (κ2) is 9.73. The van der Waals surface area contributed by atoms with Gasteiger partial charge in [-0.25, -0.2) is 0 Å². The zero-order valence-electron chi connectivity index (χ0n) is 17.1. The van der Waals surface area contributed by atoms with E-state index in [2.05, 4.69) is 98.8 Å². The third kappa shape index (κ3) is 4.13. The van der Waals surface area contributed by atoms with Crippen molar-refractivity contribution >= 4 is 49.3 Å². The molecule has 0 saturated carbocycles. The molecule has 0 saturated heterocycles. The molecule has 0 aromatic heterocycles. The van der Waals surface area contributed by atoms with Crippen molar-refractivity contribution in [3.8, 4) is 11.1 Å². The first kappa shape index (κ1) is 21.7. The van der Waals surface area contributed by atoms with Gasteiger partial charge in [-0.05, 0) is 39.1 Å². The molecule has 0 radical (unpaired) electrons. The Hall–Kier alpha value is -1.53. The summed E-state index contributed by atoms with van der Waals surface area (Å²) in [5.74, 6) is 0.596. The van der Waals surface area contributed by atoms with Gasteiger partial charge in [-0.1, -0.05) is 80.4 Å². The molecule has 1 unspecified atom stereocenters. The van der Waals surface area contributed by atoms with Gasteiger partial charge >= 0.3 is 37.9 Å². The molecular formula is C27H23Cl2Zr-. The molecule has 0 amide bonds. The molecule has 0 aliphatic carbocycles. The van der Waals surface area contributed by atoms with Crippen LogP contribution >= 0.6 is 17.0 Å². The summed E-state index contributed by atoms with van der Waals surface area (Å²) < 4.78 is 0. The summed E-state index contributed by atoms with van der Waals surface area (Å²) in [4.78, 5) is 0. The molecule has 3 heteroatoms. The zero-order chi connectivity index (χ0) is 21.1. The van der Waals surface area contributed by atoms with Crippen molar-refractivity contribution in [2.75, 3.05) is 0 Å². The van der Waals surface area contributed by atoms with E-state index in [0.717, 1.165) is 0 Å². The third-order valence-corrected chi connectivity index (χ3v) is 6.01. The van der Waals surface area contributed by atoms with E-state index in [1.54, 1.807) is 0 Å². The van der Waals surface area contributed by atoms with Crippen LogP contribution in [0.15, 0.2) is 84.9 Å². The standard InChI is InChI=1S/C27H23.2ClH.Zr/c1-3-18(2)21-15-19-10-8-14-25(26(19)17-21)27-16-20-9-4-5-11-22(20)23-12-6-7-13-24(23)27;;;/h4-18H,3H2,1-2H3;2*1H;/q-1;;;+2/p-2. The van der Waals surface area contributed by atoms with Gasteiger partial charge in [0.1, 0.15) is 0 Å². The van der Waals surface area contributed by atoms with E-state index in [1.165, 1.54) is 55.4 Å². The van der Waals surface area contributed by atoms with E-state index in [1.807, 2.05) is 0 Å². The summed E-state index contributed by atoms with van der Waals surface area (Å²) >= 11 is -0.826. The van der Waals surface area contributed by atoms with Crippen LogP contribution in [0.1, 0.15) is 31.7 Å². The van der Waals surface area contributed by atoms with Gasteiger partial charge in [-0.3, -0.25) is 0 Å². The number of hydrogen-bond donors (Lipinski definition) is 0. The van der Waals surface area contributed by atoms with Crippen LogP contribution in [0, 0.1) is 0 Å². The fourth-order valence-electron chi connectivity index (χ4n) is 4.29. The van der Waals surface area contributed by atoms with Crippen molar-refractivity contribution in [1.29, 1.82) is 0 Å². The number of benzene rings is 4. The first-order valence-electron chi connectivity index (χ1n) is 10.2. The summed E-state index contributed by atoms with van der Waals surface area (Å²) in [6, 6.07) is 31.4. The Balaban J connectivity index is 0.000000687. The van der Waals surface area contributed by atoms with Gasteiger partial charge < -0.3 is 0 Å².